The predicted molar refractivity (Wildman–Crippen MR) is 70.9 cm³/mol. The van der Waals surface area contributed by atoms with Crippen LogP contribution in [0.5, 0.6) is 5.75 Å². The van der Waals surface area contributed by atoms with E-state index in [1.807, 2.05) is 6.92 Å². The van der Waals surface area contributed by atoms with Crippen molar-refractivity contribution in [2.75, 3.05) is 6.61 Å². The second-order valence-electron chi connectivity index (χ2n) is 4.12. The number of primary amides is 1. The van der Waals surface area contributed by atoms with E-state index in [2.05, 4.69) is 0 Å². The van der Waals surface area contributed by atoms with Gasteiger partial charge in [-0.1, -0.05) is 19.4 Å². The van der Waals surface area contributed by atoms with Crippen molar-refractivity contribution in [3.05, 3.63) is 29.6 Å². The number of carbonyl (C=O) groups is 2. The first-order valence-corrected chi connectivity index (χ1v) is 6.42. The van der Waals surface area contributed by atoms with Crippen LogP contribution in [0.2, 0.25) is 0 Å². The molecule has 20 heavy (non-hydrogen) atoms. The Hall–Kier alpha value is -2.11. The molecule has 1 amide bonds. The van der Waals surface area contributed by atoms with Crippen LogP contribution in [0.3, 0.4) is 0 Å². The molecule has 0 radical (unpaired) electrons. The van der Waals surface area contributed by atoms with E-state index in [1.165, 1.54) is 12.1 Å². The molecule has 0 aromatic heterocycles. The van der Waals surface area contributed by atoms with Gasteiger partial charge in [0, 0.05) is 0 Å². The largest absolute Gasteiger partial charge is 0.478 e. The summed E-state index contributed by atoms with van der Waals surface area (Å²) in [6.07, 6.45) is 0.179. The van der Waals surface area contributed by atoms with E-state index in [0.717, 1.165) is 6.07 Å². The third-order valence-corrected chi connectivity index (χ3v) is 2.59. The molecule has 0 aliphatic carbocycles. The number of rotatable bonds is 7. The van der Waals surface area contributed by atoms with E-state index in [9.17, 15) is 14.0 Å². The highest BCUT2D eigenvalue weighted by Crippen LogP contribution is 2.23. The number of ether oxygens (including phenoxy) is 2. The zero-order chi connectivity index (χ0) is 15.1. The molecular formula is C14H18FNO4. The van der Waals surface area contributed by atoms with E-state index in [1.54, 1.807) is 6.92 Å². The highest BCUT2D eigenvalue weighted by Gasteiger charge is 2.24. The monoisotopic (exact) mass is 283 g/mol. The van der Waals surface area contributed by atoms with Gasteiger partial charge in [-0.3, -0.25) is 4.79 Å². The Morgan fingerprint density at radius 2 is 2.05 bits per heavy atom. The summed E-state index contributed by atoms with van der Waals surface area (Å²) in [4.78, 5) is 23.0. The lowest BCUT2D eigenvalue weighted by Gasteiger charge is -2.18. The SMILES string of the molecule is CCCC(Oc1cccc(F)c1C(N)=O)C(=O)OCC. The summed E-state index contributed by atoms with van der Waals surface area (Å²) in [5.41, 5.74) is 4.76. The van der Waals surface area contributed by atoms with E-state index < -0.39 is 23.8 Å². The van der Waals surface area contributed by atoms with Crippen LogP contribution in [0.15, 0.2) is 18.2 Å². The average Bonchev–Trinajstić information content (AvgIpc) is 2.38. The second-order valence-corrected chi connectivity index (χ2v) is 4.12. The first-order chi connectivity index (χ1) is 9.51. The summed E-state index contributed by atoms with van der Waals surface area (Å²) in [5, 5.41) is 0. The van der Waals surface area contributed by atoms with Crippen LogP contribution in [0, 0.1) is 5.82 Å². The number of hydrogen-bond donors (Lipinski definition) is 1. The number of nitrogens with two attached hydrogens (primary N) is 1. The molecule has 1 atom stereocenters. The summed E-state index contributed by atoms with van der Waals surface area (Å²) < 4.78 is 23.9. The van der Waals surface area contributed by atoms with Crippen LogP contribution in [0.4, 0.5) is 4.39 Å². The van der Waals surface area contributed by atoms with Gasteiger partial charge in [-0.05, 0) is 25.5 Å². The molecule has 0 fully saturated rings. The lowest BCUT2D eigenvalue weighted by molar-refractivity contribution is -0.151. The molecule has 110 valence electrons. The predicted octanol–water partition coefficient (Wildman–Crippen LogP) is 2.04. The normalized spacial score (nSPS) is 11.8. The lowest BCUT2D eigenvalue weighted by atomic mass is 10.1. The Kier molecular flexibility index (Phi) is 5.96. The Labute approximate surface area is 116 Å². The quantitative estimate of drug-likeness (QED) is 0.777. The van der Waals surface area contributed by atoms with Crippen molar-refractivity contribution in [2.24, 2.45) is 5.73 Å². The zero-order valence-electron chi connectivity index (χ0n) is 11.5. The van der Waals surface area contributed by atoms with Crippen molar-refractivity contribution in [2.45, 2.75) is 32.8 Å². The molecule has 0 aliphatic rings. The van der Waals surface area contributed by atoms with Gasteiger partial charge in [0.25, 0.3) is 5.91 Å². The smallest absolute Gasteiger partial charge is 0.347 e. The van der Waals surface area contributed by atoms with E-state index >= 15 is 0 Å². The van der Waals surface area contributed by atoms with Crippen LogP contribution in [0.1, 0.15) is 37.0 Å². The zero-order valence-corrected chi connectivity index (χ0v) is 11.5. The summed E-state index contributed by atoms with van der Waals surface area (Å²) in [7, 11) is 0. The minimum Gasteiger partial charge on any atom is -0.478 e. The number of benzene rings is 1. The fourth-order valence-corrected chi connectivity index (χ4v) is 1.72. The average molecular weight is 283 g/mol. The maximum absolute atomic E-state index is 13.6. The minimum absolute atomic E-state index is 0.0518. The second kappa shape index (κ2) is 7.47. The van der Waals surface area contributed by atoms with Gasteiger partial charge in [-0.25, -0.2) is 9.18 Å². The van der Waals surface area contributed by atoms with E-state index in [-0.39, 0.29) is 17.9 Å². The number of amides is 1. The van der Waals surface area contributed by atoms with E-state index in [0.29, 0.717) is 12.8 Å². The van der Waals surface area contributed by atoms with Gasteiger partial charge in [0.05, 0.1) is 6.61 Å². The molecular weight excluding hydrogens is 265 g/mol. The molecule has 2 N–H and O–H groups in total. The Balaban J connectivity index is 3.02. The molecule has 0 bridgehead atoms. The van der Waals surface area contributed by atoms with Gasteiger partial charge in [-0.15, -0.1) is 0 Å². The fraction of sp³-hybridized carbons (Fsp3) is 0.429. The Morgan fingerprint density at radius 3 is 2.60 bits per heavy atom. The number of halogens is 1. The van der Waals surface area contributed by atoms with Gasteiger partial charge in [0.1, 0.15) is 17.1 Å². The molecule has 1 aromatic rings. The van der Waals surface area contributed by atoms with Gasteiger partial charge in [0.15, 0.2) is 6.10 Å². The topological polar surface area (TPSA) is 78.6 Å². The van der Waals surface area contributed by atoms with Crippen LogP contribution >= 0.6 is 0 Å². The highest BCUT2D eigenvalue weighted by molar-refractivity contribution is 5.96. The van der Waals surface area contributed by atoms with Crippen molar-refractivity contribution in [3.8, 4) is 5.75 Å². The summed E-state index contributed by atoms with van der Waals surface area (Å²) in [5.74, 6) is -2.33. The minimum atomic E-state index is -0.947. The molecule has 5 nitrogen and oxygen atoms in total. The van der Waals surface area contributed by atoms with Crippen molar-refractivity contribution < 1.29 is 23.5 Å². The first kappa shape index (κ1) is 15.9. The Bertz CT molecular complexity index is 490. The van der Waals surface area contributed by atoms with Gasteiger partial charge in [0.2, 0.25) is 0 Å². The molecule has 0 saturated heterocycles. The molecule has 6 heteroatoms. The Morgan fingerprint density at radius 1 is 1.35 bits per heavy atom. The molecule has 0 saturated carbocycles. The van der Waals surface area contributed by atoms with Crippen molar-refractivity contribution >= 4 is 11.9 Å². The summed E-state index contributed by atoms with van der Waals surface area (Å²) in [6.45, 7) is 3.77. The van der Waals surface area contributed by atoms with Crippen molar-refractivity contribution in [3.63, 3.8) is 0 Å². The maximum atomic E-state index is 13.6. The molecule has 0 aliphatic heterocycles. The van der Waals surface area contributed by atoms with Crippen molar-refractivity contribution in [1.82, 2.24) is 0 Å². The number of hydrogen-bond acceptors (Lipinski definition) is 4. The third kappa shape index (κ3) is 3.94. The van der Waals surface area contributed by atoms with Gasteiger partial charge in [-0.2, -0.15) is 0 Å². The summed E-state index contributed by atoms with van der Waals surface area (Å²) >= 11 is 0. The fourth-order valence-electron chi connectivity index (χ4n) is 1.72. The van der Waals surface area contributed by atoms with E-state index in [4.69, 9.17) is 15.2 Å². The number of carbonyl (C=O) groups excluding carboxylic acids is 2. The molecule has 0 heterocycles. The van der Waals surface area contributed by atoms with Crippen molar-refractivity contribution in [1.29, 1.82) is 0 Å². The standard InChI is InChI=1S/C14H18FNO4/c1-3-6-11(14(18)19-4-2)20-10-8-5-7-9(15)12(10)13(16)17/h5,7-8,11H,3-4,6H2,1-2H3,(H2,16,17). The van der Waals surface area contributed by atoms with Crippen LogP contribution < -0.4 is 10.5 Å². The van der Waals surface area contributed by atoms with Gasteiger partial charge < -0.3 is 15.2 Å². The molecule has 1 aromatic carbocycles. The third-order valence-electron chi connectivity index (χ3n) is 2.59. The highest BCUT2D eigenvalue weighted by atomic mass is 19.1. The summed E-state index contributed by atoms with van der Waals surface area (Å²) in [6, 6.07) is 3.88. The molecule has 0 spiro atoms. The maximum Gasteiger partial charge on any atom is 0.347 e. The van der Waals surface area contributed by atoms with Crippen LogP contribution in [0.25, 0.3) is 0 Å². The molecule has 1 unspecified atom stereocenters. The molecule has 1 rings (SSSR count). The van der Waals surface area contributed by atoms with Gasteiger partial charge >= 0.3 is 5.97 Å². The number of esters is 1. The van der Waals surface area contributed by atoms with Crippen LogP contribution in [-0.4, -0.2) is 24.6 Å². The first-order valence-electron chi connectivity index (χ1n) is 6.42. The lowest BCUT2D eigenvalue weighted by Crippen LogP contribution is -2.30. The van der Waals surface area contributed by atoms with Crippen LogP contribution in [-0.2, 0) is 9.53 Å².